The summed E-state index contributed by atoms with van der Waals surface area (Å²) in [6.07, 6.45) is 1.66. The number of carbonyl (C=O) groups is 1. The highest BCUT2D eigenvalue weighted by molar-refractivity contribution is 6.31. The van der Waals surface area contributed by atoms with Gasteiger partial charge in [-0.25, -0.2) is 14.2 Å². The average molecular weight is 360 g/mol. The van der Waals surface area contributed by atoms with Gasteiger partial charge in [-0.3, -0.25) is 0 Å². The van der Waals surface area contributed by atoms with Crippen LogP contribution >= 0.6 is 11.6 Å². The van der Waals surface area contributed by atoms with Gasteiger partial charge in [-0.2, -0.15) is 0 Å². The van der Waals surface area contributed by atoms with Crippen LogP contribution in [0.4, 0.5) is 14.9 Å². The predicted octanol–water partition coefficient (Wildman–Crippen LogP) is 4.36. The number of hydrogen-bond acceptors (Lipinski definition) is 3. The quantitative estimate of drug-likeness (QED) is 0.727. The molecule has 0 aliphatic heterocycles. The Morgan fingerprint density at radius 1 is 1.24 bits per heavy atom. The van der Waals surface area contributed by atoms with Crippen molar-refractivity contribution < 1.29 is 13.9 Å². The molecule has 0 unspecified atom stereocenters. The third kappa shape index (κ3) is 3.80. The first-order valence-corrected chi connectivity index (χ1v) is 7.87. The summed E-state index contributed by atoms with van der Waals surface area (Å²) in [5.74, 6) is -0.00634. The number of fused-ring (bicyclic) bond motifs is 1. The largest absolute Gasteiger partial charge is 0.481 e. The van der Waals surface area contributed by atoms with Crippen LogP contribution in [0.3, 0.4) is 0 Å². The Labute approximate surface area is 148 Å². The van der Waals surface area contributed by atoms with Crippen LogP contribution in [0.1, 0.15) is 5.56 Å². The molecular weight excluding hydrogens is 345 g/mol. The monoisotopic (exact) mass is 359 g/mol. The maximum Gasteiger partial charge on any atom is 0.319 e. The number of ether oxygens (including phenoxy) is 1. The maximum absolute atomic E-state index is 13.1. The zero-order valence-electron chi connectivity index (χ0n) is 13.3. The SMILES string of the molecule is COc1ncc(CNC(=O)Nc2ccc(F)c(Cl)c2)c2ccccc12. The molecule has 1 heterocycles. The number of halogens is 2. The number of methoxy groups -OCH3 is 1. The third-order valence-electron chi connectivity index (χ3n) is 3.65. The molecule has 3 rings (SSSR count). The summed E-state index contributed by atoms with van der Waals surface area (Å²) >= 11 is 5.70. The second-order valence-corrected chi connectivity index (χ2v) is 5.68. The molecule has 3 aromatic rings. The van der Waals surface area contributed by atoms with Gasteiger partial charge in [0.05, 0.1) is 12.1 Å². The van der Waals surface area contributed by atoms with Crippen LogP contribution in [-0.2, 0) is 6.54 Å². The van der Waals surface area contributed by atoms with Crippen LogP contribution in [-0.4, -0.2) is 18.1 Å². The van der Waals surface area contributed by atoms with Crippen molar-refractivity contribution in [3.05, 3.63) is 65.1 Å². The van der Waals surface area contributed by atoms with Gasteiger partial charge in [-0.05, 0) is 35.2 Å². The Morgan fingerprint density at radius 3 is 2.72 bits per heavy atom. The summed E-state index contributed by atoms with van der Waals surface area (Å²) in [6.45, 7) is 0.276. The van der Waals surface area contributed by atoms with Gasteiger partial charge in [0.2, 0.25) is 5.88 Å². The molecule has 2 aromatic carbocycles. The number of amides is 2. The highest BCUT2D eigenvalue weighted by Gasteiger charge is 2.09. The molecule has 0 aliphatic rings. The Morgan fingerprint density at radius 2 is 2.00 bits per heavy atom. The number of aromatic nitrogens is 1. The molecule has 0 aliphatic carbocycles. The fourth-order valence-electron chi connectivity index (χ4n) is 2.45. The number of nitrogens with zero attached hydrogens (tertiary/aromatic N) is 1. The molecule has 0 saturated heterocycles. The number of urea groups is 1. The lowest BCUT2D eigenvalue weighted by molar-refractivity contribution is 0.252. The Hall–Kier alpha value is -2.86. The number of anilines is 1. The van der Waals surface area contributed by atoms with Crippen molar-refractivity contribution >= 4 is 34.1 Å². The van der Waals surface area contributed by atoms with E-state index in [-0.39, 0.29) is 11.6 Å². The van der Waals surface area contributed by atoms with Gasteiger partial charge < -0.3 is 15.4 Å². The molecule has 128 valence electrons. The molecule has 2 amide bonds. The highest BCUT2D eigenvalue weighted by Crippen LogP contribution is 2.25. The minimum absolute atomic E-state index is 0.0526. The molecule has 0 bridgehead atoms. The van der Waals surface area contributed by atoms with Gasteiger partial charge in [0.15, 0.2) is 0 Å². The van der Waals surface area contributed by atoms with Crippen molar-refractivity contribution in [1.82, 2.24) is 10.3 Å². The molecule has 0 spiro atoms. The second-order valence-electron chi connectivity index (χ2n) is 5.27. The van der Waals surface area contributed by atoms with E-state index in [1.165, 1.54) is 18.2 Å². The maximum atomic E-state index is 13.1. The molecule has 0 radical (unpaired) electrons. The molecule has 5 nitrogen and oxygen atoms in total. The number of carbonyl (C=O) groups excluding carboxylic acids is 1. The molecule has 7 heteroatoms. The summed E-state index contributed by atoms with van der Waals surface area (Å²) in [5, 5.41) is 7.11. The van der Waals surface area contributed by atoms with Crippen LogP contribution in [0.25, 0.3) is 10.8 Å². The summed E-state index contributed by atoms with van der Waals surface area (Å²) in [6, 6.07) is 11.2. The second kappa shape index (κ2) is 7.36. The van der Waals surface area contributed by atoms with Crippen molar-refractivity contribution in [2.24, 2.45) is 0 Å². The van der Waals surface area contributed by atoms with E-state index in [0.717, 1.165) is 16.3 Å². The zero-order valence-corrected chi connectivity index (χ0v) is 14.1. The molecular formula is C18H15ClFN3O2. The molecule has 0 saturated carbocycles. The topological polar surface area (TPSA) is 63.2 Å². The summed E-state index contributed by atoms with van der Waals surface area (Å²) < 4.78 is 18.4. The van der Waals surface area contributed by atoms with Gasteiger partial charge >= 0.3 is 6.03 Å². The number of benzene rings is 2. The number of hydrogen-bond donors (Lipinski definition) is 2. The fourth-order valence-corrected chi connectivity index (χ4v) is 2.63. The average Bonchev–Trinajstić information content (AvgIpc) is 2.62. The molecule has 1 aromatic heterocycles. The number of nitrogens with one attached hydrogen (secondary N) is 2. The van der Waals surface area contributed by atoms with E-state index in [2.05, 4.69) is 15.6 Å². The van der Waals surface area contributed by atoms with Crippen molar-refractivity contribution in [2.75, 3.05) is 12.4 Å². The van der Waals surface area contributed by atoms with E-state index in [9.17, 15) is 9.18 Å². The Bertz CT molecular complexity index is 933. The first-order chi connectivity index (χ1) is 12.1. The Kier molecular flexibility index (Phi) is 5.00. The van der Waals surface area contributed by atoms with Gasteiger partial charge in [0.1, 0.15) is 5.82 Å². The van der Waals surface area contributed by atoms with Crippen molar-refractivity contribution in [3.8, 4) is 5.88 Å². The molecule has 0 fully saturated rings. The van der Waals surface area contributed by atoms with Crippen LogP contribution < -0.4 is 15.4 Å². The third-order valence-corrected chi connectivity index (χ3v) is 3.94. The van der Waals surface area contributed by atoms with Crippen LogP contribution in [0.2, 0.25) is 5.02 Å². The predicted molar refractivity (Wildman–Crippen MR) is 95.6 cm³/mol. The zero-order chi connectivity index (χ0) is 17.8. The lowest BCUT2D eigenvalue weighted by Crippen LogP contribution is -2.28. The lowest BCUT2D eigenvalue weighted by atomic mass is 10.1. The Balaban J connectivity index is 1.72. The first-order valence-electron chi connectivity index (χ1n) is 7.49. The smallest absolute Gasteiger partial charge is 0.319 e. The number of pyridine rings is 1. The minimum atomic E-state index is -0.539. The van der Waals surface area contributed by atoms with Gasteiger partial charge in [-0.1, -0.05) is 29.8 Å². The normalized spacial score (nSPS) is 10.5. The standard InChI is InChI=1S/C18H15ClFN3O2/c1-25-17-14-5-3-2-4-13(14)11(9-21-17)10-22-18(24)23-12-6-7-16(20)15(19)8-12/h2-9H,10H2,1H3,(H2,22,23,24). The van der Waals surface area contributed by atoms with Crippen molar-refractivity contribution in [2.45, 2.75) is 6.54 Å². The summed E-state index contributed by atoms with van der Waals surface area (Å²) in [4.78, 5) is 16.3. The van der Waals surface area contributed by atoms with Crippen LogP contribution in [0.15, 0.2) is 48.7 Å². The van der Waals surface area contributed by atoms with E-state index in [0.29, 0.717) is 11.6 Å². The number of rotatable bonds is 4. The van der Waals surface area contributed by atoms with Crippen LogP contribution in [0.5, 0.6) is 5.88 Å². The summed E-state index contributed by atoms with van der Waals surface area (Å²) in [7, 11) is 1.56. The summed E-state index contributed by atoms with van der Waals surface area (Å²) in [5.41, 5.74) is 1.25. The molecule has 25 heavy (non-hydrogen) atoms. The van der Waals surface area contributed by atoms with Gasteiger partial charge in [-0.15, -0.1) is 0 Å². The minimum Gasteiger partial charge on any atom is -0.481 e. The van der Waals surface area contributed by atoms with Crippen LogP contribution in [0, 0.1) is 5.82 Å². The van der Waals surface area contributed by atoms with Gasteiger partial charge in [0.25, 0.3) is 0 Å². The highest BCUT2D eigenvalue weighted by atomic mass is 35.5. The van der Waals surface area contributed by atoms with E-state index in [4.69, 9.17) is 16.3 Å². The molecule has 2 N–H and O–H groups in total. The van der Waals surface area contributed by atoms with E-state index in [1.54, 1.807) is 13.3 Å². The molecule has 0 atom stereocenters. The van der Waals surface area contributed by atoms with Gasteiger partial charge in [0, 0.05) is 23.8 Å². The van der Waals surface area contributed by atoms with Crippen molar-refractivity contribution in [1.29, 1.82) is 0 Å². The van der Waals surface area contributed by atoms with E-state index >= 15 is 0 Å². The first kappa shape index (κ1) is 17.0. The van der Waals surface area contributed by atoms with Crippen molar-refractivity contribution in [3.63, 3.8) is 0 Å². The van der Waals surface area contributed by atoms with E-state index in [1.807, 2.05) is 24.3 Å². The fraction of sp³-hybridized carbons (Fsp3) is 0.111. The lowest BCUT2D eigenvalue weighted by Gasteiger charge is -2.11. The van der Waals surface area contributed by atoms with E-state index < -0.39 is 11.8 Å².